The molecule has 0 saturated carbocycles. The Balaban J connectivity index is 2.00. The molecule has 1 unspecified atom stereocenters. The van der Waals surface area contributed by atoms with E-state index in [-0.39, 0.29) is 17.4 Å². The molecule has 5 nitrogen and oxygen atoms in total. The third-order valence-corrected chi connectivity index (χ3v) is 4.83. The van der Waals surface area contributed by atoms with Crippen molar-refractivity contribution in [1.82, 2.24) is 10.6 Å². The van der Waals surface area contributed by atoms with Gasteiger partial charge < -0.3 is 16.0 Å². The molecule has 168 valence electrons. The van der Waals surface area contributed by atoms with Crippen LogP contribution in [0.4, 0.5) is 5.69 Å². The maximum Gasteiger partial charge on any atom is 0.243 e. The lowest BCUT2D eigenvalue weighted by atomic mass is 10.0. The third kappa shape index (κ3) is 9.69. The quantitative estimate of drug-likeness (QED) is 0.520. The van der Waals surface area contributed by atoms with Gasteiger partial charge in [-0.3, -0.25) is 9.59 Å². The fourth-order valence-corrected chi connectivity index (χ4v) is 3.15. The lowest BCUT2D eigenvalue weighted by Crippen LogP contribution is -2.53. The number of carbonyl (C=O) groups is 2. The first-order chi connectivity index (χ1) is 14.6. The molecule has 5 heteroatoms. The zero-order chi connectivity index (χ0) is 22.9. The zero-order valence-corrected chi connectivity index (χ0v) is 19.5. The fraction of sp³-hybridized carbons (Fsp3) is 0.462. The van der Waals surface area contributed by atoms with E-state index in [1.807, 2.05) is 63.2 Å². The highest BCUT2D eigenvalue weighted by Crippen LogP contribution is 2.14. The molecule has 0 heterocycles. The van der Waals surface area contributed by atoms with Crippen molar-refractivity contribution in [2.45, 2.75) is 72.0 Å². The molecule has 0 aliphatic rings. The molecule has 0 saturated heterocycles. The molecule has 0 fully saturated rings. The van der Waals surface area contributed by atoms with Crippen LogP contribution in [-0.4, -0.2) is 23.4 Å². The average molecular weight is 424 g/mol. The Kier molecular flexibility index (Phi) is 9.10. The van der Waals surface area contributed by atoms with Gasteiger partial charge in [-0.05, 0) is 56.4 Å². The van der Waals surface area contributed by atoms with Crippen molar-refractivity contribution >= 4 is 17.5 Å². The summed E-state index contributed by atoms with van der Waals surface area (Å²) in [6.45, 7) is 10.7. The third-order valence-electron chi connectivity index (χ3n) is 4.83. The van der Waals surface area contributed by atoms with E-state index in [4.69, 9.17) is 0 Å². The molecule has 0 aliphatic heterocycles. The second kappa shape index (κ2) is 11.5. The van der Waals surface area contributed by atoms with Gasteiger partial charge in [-0.1, -0.05) is 56.3 Å². The number of carbonyl (C=O) groups excluding carboxylic acids is 2. The first-order valence-electron chi connectivity index (χ1n) is 11.1. The number of anilines is 1. The zero-order valence-electron chi connectivity index (χ0n) is 19.5. The molecule has 31 heavy (non-hydrogen) atoms. The SMILES string of the molecule is CC(C)CCC(=O)NC(Cc1ccc(NCc2ccccc2)cc1)C(=O)NC(C)(C)C. The van der Waals surface area contributed by atoms with Gasteiger partial charge in [-0.2, -0.15) is 0 Å². The van der Waals surface area contributed by atoms with Crippen LogP contribution in [0.1, 0.15) is 58.6 Å². The predicted octanol–water partition coefficient (Wildman–Crippen LogP) is 4.68. The van der Waals surface area contributed by atoms with E-state index in [1.54, 1.807) is 0 Å². The lowest BCUT2D eigenvalue weighted by molar-refractivity contribution is -0.130. The minimum Gasteiger partial charge on any atom is -0.381 e. The lowest BCUT2D eigenvalue weighted by Gasteiger charge is -2.26. The molecular formula is C26H37N3O2. The van der Waals surface area contributed by atoms with Gasteiger partial charge in [-0.25, -0.2) is 0 Å². The van der Waals surface area contributed by atoms with E-state index in [0.717, 1.165) is 24.2 Å². The van der Waals surface area contributed by atoms with Crippen LogP contribution in [0.15, 0.2) is 54.6 Å². The van der Waals surface area contributed by atoms with E-state index in [2.05, 4.69) is 41.9 Å². The van der Waals surface area contributed by atoms with Crippen molar-refractivity contribution in [2.75, 3.05) is 5.32 Å². The molecule has 3 N–H and O–H groups in total. The van der Waals surface area contributed by atoms with Gasteiger partial charge in [0.25, 0.3) is 0 Å². The van der Waals surface area contributed by atoms with E-state index < -0.39 is 6.04 Å². The highest BCUT2D eigenvalue weighted by molar-refractivity contribution is 5.88. The number of hydrogen-bond donors (Lipinski definition) is 3. The monoisotopic (exact) mass is 423 g/mol. The maximum absolute atomic E-state index is 12.8. The molecule has 1 atom stereocenters. The van der Waals surface area contributed by atoms with Gasteiger partial charge in [-0.15, -0.1) is 0 Å². The number of rotatable bonds is 10. The Labute approximate surface area is 187 Å². The number of hydrogen-bond acceptors (Lipinski definition) is 3. The molecule has 0 aliphatic carbocycles. The number of benzene rings is 2. The summed E-state index contributed by atoms with van der Waals surface area (Å²) in [4.78, 5) is 25.2. The first kappa shape index (κ1) is 24.4. The topological polar surface area (TPSA) is 70.2 Å². The normalized spacial score (nSPS) is 12.3. The molecular weight excluding hydrogens is 386 g/mol. The van der Waals surface area contributed by atoms with Crippen LogP contribution >= 0.6 is 0 Å². The highest BCUT2D eigenvalue weighted by atomic mass is 16.2. The van der Waals surface area contributed by atoms with Crippen LogP contribution in [0.3, 0.4) is 0 Å². The molecule has 2 amide bonds. The van der Waals surface area contributed by atoms with Crippen LogP contribution in [0.25, 0.3) is 0 Å². The summed E-state index contributed by atoms with van der Waals surface area (Å²) in [5.41, 5.74) is 2.88. The maximum atomic E-state index is 12.8. The van der Waals surface area contributed by atoms with E-state index >= 15 is 0 Å². The van der Waals surface area contributed by atoms with Crippen molar-refractivity contribution in [3.63, 3.8) is 0 Å². The molecule has 0 radical (unpaired) electrons. The summed E-state index contributed by atoms with van der Waals surface area (Å²) in [7, 11) is 0. The second-order valence-corrected chi connectivity index (χ2v) is 9.53. The van der Waals surface area contributed by atoms with Crippen LogP contribution in [0.2, 0.25) is 0 Å². The number of nitrogens with one attached hydrogen (secondary N) is 3. The van der Waals surface area contributed by atoms with Gasteiger partial charge in [0.1, 0.15) is 6.04 Å². The summed E-state index contributed by atoms with van der Waals surface area (Å²) in [6.07, 6.45) is 1.69. The summed E-state index contributed by atoms with van der Waals surface area (Å²) in [5, 5.41) is 9.34. The first-order valence-corrected chi connectivity index (χ1v) is 11.1. The van der Waals surface area contributed by atoms with Crippen molar-refractivity contribution < 1.29 is 9.59 Å². The van der Waals surface area contributed by atoms with Crippen LogP contribution in [0.5, 0.6) is 0 Å². The molecule has 0 spiro atoms. The molecule has 0 bridgehead atoms. The Morgan fingerprint density at radius 3 is 2.13 bits per heavy atom. The molecule has 0 aromatic heterocycles. The Morgan fingerprint density at radius 1 is 0.903 bits per heavy atom. The van der Waals surface area contributed by atoms with E-state index in [0.29, 0.717) is 18.8 Å². The predicted molar refractivity (Wildman–Crippen MR) is 128 cm³/mol. The summed E-state index contributed by atoms with van der Waals surface area (Å²) in [6, 6.07) is 17.7. The Bertz CT molecular complexity index is 824. The van der Waals surface area contributed by atoms with E-state index in [9.17, 15) is 9.59 Å². The Hall–Kier alpha value is -2.82. The summed E-state index contributed by atoms with van der Waals surface area (Å²) < 4.78 is 0. The number of amides is 2. The standard InChI is InChI=1S/C26H37N3O2/c1-19(2)11-16-24(30)28-23(25(31)29-26(3,4)5)17-20-12-14-22(15-13-20)27-18-21-9-7-6-8-10-21/h6-10,12-15,19,23,27H,11,16-18H2,1-5H3,(H,28,30)(H,29,31). The molecule has 2 rings (SSSR count). The highest BCUT2D eigenvalue weighted by Gasteiger charge is 2.24. The van der Waals surface area contributed by atoms with Crippen molar-refractivity contribution in [2.24, 2.45) is 5.92 Å². The van der Waals surface area contributed by atoms with E-state index in [1.165, 1.54) is 5.56 Å². The second-order valence-electron chi connectivity index (χ2n) is 9.53. The van der Waals surface area contributed by atoms with Crippen molar-refractivity contribution in [3.05, 3.63) is 65.7 Å². The summed E-state index contributed by atoms with van der Waals surface area (Å²) >= 11 is 0. The minimum atomic E-state index is -0.595. The van der Waals surface area contributed by atoms with Gasteiger partial charge in [0.2, 0.25) is 11.8 Å². The Morgan fingerprint density at radius 2 is 1.55 bits per heavy atom. The fourth-order valence-electron chi connectivity index (χ4n) is 3.15. The van der Waals surface area contributed by atoms with Crippen LogP contribution in [-0.2, 0) is 22.6 Å². The van der Waals surface area contributed by atoms with Gasteiger partial charge in [0.05, 0.1) is 0 Å². The minimum absolute atomic E-state index is 0.0797. The molecule has 2 aromatic carbocycles. The van der Waals surface area contributed by atoms with Crippen LogP contribution < -0.4 is 16.0 Å². The van der Waals surface area contributed by atoms with Crippen molar-refractivity contribution in [3.8, 4) is 0 Å². The molecule has 2 aromatic rings. The smallest absolute Gasteiger partial charge is 0.243 e. The summed E-state index contributed by atoms with van der Waals surface area (Å²) in [5.74, 6) is 0.212. The van der Waals surface area contributed by atoms with Gasteiger partial charge in [0.15, 0.2) is 0 Å². The van der Waals surface area contributed by atoms with Gasteiger partial charge >= 0.3 is 0 Å². The van der Waals surface area contributed by atoms with Crippen LogP contribution in [0, 0.1) is 5.92 Å². The van der Waals surface area contributed by atoms with Gasteiger partial charge in [0, 0.05) is 30.6 Å². The van der Waals surface area contributed by atoms with Crippen molar-refractivity contribution in [1.29, 1.82) is 0 Å². The average Bonchev–Trinajstić information content (AvgIpc) is 2.71. The largest absolute Gasteiger partial charge is 0.381 e.